The van der Waals surface area contributed by atoms with E-state index in [-0.39, 0.29) is 17.8 Å². The van der Waals surface area contributed by atoms with Crippen molar-refractivity contribution in [2.75, 3.05) is 7.11 Å². The van der Waals surface area contributed by atoms with Crippen molar-refractivity contribution in [1.29, 1.82) is 5.26 Å². The number of aliphatic imine (C=N–C) groups is 1. The van der Waals surface area contributed by atoms with E-state index >= 15 is 0 Å². The van der Waals surface area contributed by atoms with Crippen LogP contribution in [0.4, 0.5) is 13.2 Å². The molecule has 0 atom stereocenters. The lowest BCUT2D eigenvalue weighted by Crippen LogP contribution is -2.20. The number of ether oxygens (including phenoxy) is 1. The fourth-order valence-corrected chi connectivity index (χ4v) is 3.61. The van der Waals surface area contributed by atoms with Crippen molar-refractivity contribution in [3.05, 3.63) is 44.7 Å². The van der Waals surface area contributed by atoms with Gasteiger partial charge in [0.2, 0.25) is 6.19 Å². The van der Waals surface area contributed by atoms with E-state index in [4.69, 9.17) is 21.6 Å². The SMILES string of the molecule is COc1ccc(Cl)cc1C(=NC#N)N=c1sc(C(C)(C)C)cn1CCC(F)(F)F. The molecule has 0 aliphatic rings. The van der Waals surface area contributed by atoms with Crippen molar-refractivity contribution in [2.45, 2.75) is 45.3 Å². The van der Waals surface area contributed by atoms with Crippen molar-refractivity contribution in [3.63, 3.8) is 0 Å². The molecule has 0 spiro atoms. The average molecular weight is 445 g/mol. The molecule has 0 N–H and O–H groups in total. The molecule has 0 unspecified atom stereocenters. The van der Waals surface area contributed by atoms with Crippen LogP contribution in [0.15, 0.2) is 34.4 Å². The highest BCUT2D eigenvalue weighted by Crippen LogP contribution is 2.27. The molecular formula is C19H20ClF3N4OS. The Hall–Kier alpha value is -2.31. The zero-order valence-corrected chi connectivity index (χ0v) is 17.9. The zero-order valence-electron chi connectivity index (χ0n) is 16.3. The topological polar surface area (TPSA) is 62.7 Å². The molecule has 0 saturated heterocycles. The van der Waals surface area contributed by atoms with Gasteiger partial charge in [0, 0.05) is 22.6 Å². The highest BCUT2D eigenvalue weighted by molar-refractivity contribution is 7.09. The van der Waals surface area contributed by atoms with Crippen LogP contribution in [0.3, 0.4) is 0 Å². The van der Waals surface area contributed by atoms with Crippen molar-refractivity contribution in [3.8, 4) is 11.9 Å². The molecule has 1 aromatic carbocycles. The number of hydrogen-bond donors (Lipinski definition) is 0. The van der Waals surface area contributed by atoms with E-state index in [9.17, 15) is 13.2 Å². The van der Waals surface area contributed by atoms with E-state index in [1.807, 2.05) is 20.8 Å². The van der Waals surface area contributed by atoms with E-state index in [1.165, 1.54) is 23.0 Å². The lowest BCUT2D eigenvalue weighted by molar-refractivity contribution is -0.136. The summed E-state index contributed by atoms with van der Waals surface area (Å²) in [7, 11) is 1.45. The summed E-state index contributed by atoms with van der Waals surface area (Å²) in [6.45, 7) is 5.59. The summed E-state index contributed by atoms with van der Waals surface area (Å²) >= 11 is 7.30. The van der Waals surface area contributed by atoms with Crippen LogP contribution in [0.25, 0.3) is 0 Å². The number of rotatable bonds is 4. The second-order valence-corrected chi connectivity index (χ2v) is 8.62. The summed E-state index contributed by atoms with van der Waals surface area (Å²) in [5.41, 5.74) is 0.0910. The van der Waals surface area contributed by atoms with Crippen LogP contribution < -0.4 is 9.54 Å². The molecule has 0 bridgehead atoms. The summed E-state index contributed by atoms with van der Waals surface area (Å²) in [6.07, 6.45) is -1.95. The second-order valence-electron chi connectivity index (χ2n) is 7.18. The normalized spacial score (nSPS) is 13.5. The van der Waals surface area contributed by atoms with Crippen LogP contribution in [0.2, 0.25) is 5.02 Å². The summed E-state index contributed by atoms with van der Waals surface area (Å²) in [5.74, 6) is 0.400. The number of aromatic nitrogens is 1. The minimum atomic E-state index is -4.30. The van der Waals surface area contributed by atoms with Gasteiger partial charge >= 0.3 is 6.18 Å². The van der Waals surface area contributed by atoms with Gasteiger partial charge in [-0.05, 0) is 23.6 Å². The first-order valence-corrected chi connectivity index (χ1v) is 9.77. The molecule has 0 saturated carbocycles. The maximum Gasteiger partial charge on any atom is 0.390 e. The number of halogens is 4. The summed E-state index contributed by atoms with van der Waals surface area (Å²) in [5, 5.41) is 9.48. The molecule has 1 heterocycles. The van der Waals surface area contributed by atoms with Crippen LogP contribution in [0, 0.1) is 11.5 Å². The Bertz CT molecular complexity index is 1010. The molecule has 156 valence electrons. The Morgan fingerprint density at radius 1 is 1.31 bits per heavy atom. The minimum absolute atomic E-state index is 0.00918. The van der Waals surface area contributed by atoms with E-state index < -0.39 is 12.6 Å². The molecule has 0 fully saturated rings. The van der Waals surface area contributed by atoms with Crippen molar-refractivity contribution >= 4 is 28.8 Å². The van der Waals surface area contributed by atoms with Gasteiger partial charge in [0.25, 0.3) is 0 Å². The number of nitrogens with zero attached hydrogens (tertiary/aromatic N) is 4. The molecule has 0 amide bonds. The number of nitriles is 1. The lowest BCUT2D eigenvalue weighted by atomic mass is 9.95. The largest absolute Gasteiger partial charge is 0.496 e. The fraction of sp³-hybridized carbons (Fsp3) is 0.421. The second kappa shape index (κ2) is 9.01. The predicted octanol–water partition coefficient (Wildman–Crippen LogP) is 5.29. The molecule has 0 aliphatic carbocycles. The third-order valence-electron chi connectivity index (χ3n) is 3.86. The number of alkyl halides is 3. The number of amidine groups is 1. The van der Waals surface area contributed by atoms with Gasteiger partial charge in [-0.3, -0.25) is 0 Å². The smallest absolute Gasteiger partial charge is 0.390 e. The molecule has 2 rings (SSSR count). The van der Waals surface area contributed by atoms with Gasteiger partial charge in [-0.1, -0.05) is 32.4 Å². The molecule has 10 heteroatoms. The van der Waals surface area contributed by atoms with Crippen LogP contribution in [-0.2, 0) is 12.0 Å². The number of benzene rings is 1. The van der Waals surface area contributed by atoms with E-state index in [0.29, 0.717) is 21.1 Å². The summed E-state index contributed by atoms with van der Waals surface area (Å²) in [6, 6.07) is 4.76. The average Bonchev–Trinajstić information content (AvgIpc) is 3.02. The number of methoxy groups -OCH3 is 1. The van der Waals surface area contributed by atoms with Gasteiger partial charge in [0.05, 0.1) is 19.1 Å². The van der Waals surface area contributed by atoms with Gasteiger partial charge in [0.1, 0.15) is 5.75 Å². The lowest BCUT2D eigenvalue weighted by Gasteiger charge is -2.14. The van der Waals surface area contributed by atoms with Gasteiger partial charge in [-0.2, -0.15) is 28.4 Å². The predicted molar refractivity (Wildman–Crippen MR) is 107 cm³/mol. The number of aryl methyl sites for hydroxylation is 1. The first-order valence-electron chi connectivity index (χ1n) is 8.57. The van der Waals surface area contributed by atoms with E-state index in [2.05, 4.69) is 9.98 Å². The van der Waals surface area contributed by atoms with Gasteiger partial charge in [0.15, 0.2) is 10.6 Å². The monoisotopic (exact) mass is 444 g/mol. The molecule has 1 aromatic heterocycles. The maximum absolute atomic E-state index is 12.8. The molecule has 29 heavy (non-hydrogen) atoms. The van der Waals surface area contributed by atoms with Crippen LogP contribution in [-0.4, -0.2) is 23.7 Å². The van der Waals surface area contributed by atoms with Gasteiger partial charge in [-0.15, -0.1) is 11.3 Å². The van der Waals surface area contributed by atoms with Gasteiger partial charge in [-0.25, -0.2) is 0 Å². The third-order valence-corrected chi connectivity index (χ3v) is 5.54. The Labute approximate surface area is 175 Å². The zero-order chi connectivity index (χ0) is 21.8. The molecule has 0 radical (unpaired) electrons. The van der Waals surface area contributed by atoms with Crippen molar-refractivity contribution < 1.29 is 17.9 Å². The first-order chi connectivity index (χ1) is 13.4. The summed E-state index contributed by atoms with van der Waals surface area (Å²) < 4.78 is 45.0. The maximum atomic E-state index is 12.8. The van der Waals surface area contributed by atoms with Crippen LogP contribution >= 0.6 is 22.9 Å². The minimum Gasteiger partial charge on any atom is -0.496 e. The Morgan fingerprint density at radius 3 is 2.55 bits per heavy atom. The highest BCUT2D eigenvalue weighted by Gasteiger charge is 2.27. The number of hydrogen-bond acceptors (Lipinski definition) is 4. The van der Waals surface area contributed by atoms with E-state index in [0.717, 1.165) is 4.88 Å². The molecular weight excluding hydrogens is 425 g/mol. The summed E-state index contributed by atoms with van der Waals surface area (Å²) in [4.78, 5) is 9.31. The van der Waals surface area contributed by atoms with Crippen LogP contribution in [0.5, 0.6) is 5.75 Å². The Balaban J connectivity index is 2.65. The van der Waals surface area contributed by atoms with Crippen molar-refractivity contribution in [1.82, 2.24) is 4.57 Å². The third kappa shape index (κ3) is 6.34. The highest BCUT2D eigenvalue weighted by atomic mass is 35.5. The fourth-order valence-electron chi connectivity index (χ4n) is 2.36. The van der Waals surface area contributed by atoms with Crippen molar-refractivity contribution in [2.24, 2.45) is 9.98 Å². The Morgan fingerprint density at radius 2 is 2.00 bits per heavy atom. The Kier molecular flexibility index (Phi) is 7.14. The quantitative estimate of drug-likeness (QED) is 0.365. The first kappa shape index (κ1) is 23.0. The van der Waals surface area contributed by atoms with Crippen LogP contribution in [0.1, 0.15) is 37.6 Å². The standard InChI is InChI=1S/C19H20ClF3N4OS/c1-18(2,3)15-10-27(8-7-19(21,22)23)17(29-15)26-16(25-11-24)13-9-12(20)5-6-14(13)28-4/h5-6,9-10H,7-8H2,1-4H3. The number of thiazole rings is 1. The van der Waals surface area contributed by atoms with Gasteiger partial charge < -0.3 is 9.30 Å². The molecule has 2 aromatic rings. The molecule has 0 aliphatic heterocycles. The van der Waals surface area contributed by atoms with E-state index in [1.54, 1.807) is 30.6 Å². The molecule has 5 nitrogen and oxygen atoms in total.